The molecule has 0 N–H and O–H groups in total. The first kappa shape index (κ1) is 14.0. The molecule has 0 aromatic carbocycles. The van der Waals surface area contributed by atoms with Crippen LogP contribution in [0.15, 0.2) is 0 Å². The highest BCUT2D eigenvalue weighted by atomic mass is 16.3. The normalized spacial score (nSPS) is 42.1. The van der Waals surface area contributed by atoms with Crippen LogP contribution in [-0.4, -0.2) is 103 Å². The summed E-state index contributed by atoms with van der Waals surface area (Å²) in [5.41, 5.74) is 0. The predicted octanol–water partition coefficient (Wildman–Crippen LogP) is -1.78. The number of fused-ring (bicyclic) bond motifs is 6. The summed E-state index contributed by atoms with van der Waals surface area (Å²) in [6.45, 7) is 12.7. The molecule has 1 aromatic rings. The van der Waals surface area contributed by atoms with Gasteiger partial charge in [0.2, 0.25) is 0 Å². The lowest BCUT2D eigenvalue weighted by atomic mass is 10.1. The lowest BCUT2D eigenvalue weighted by Gasteiger charge is -2.50. The van der Waals surface area contributed by atoms with E-state index in [0.717, 1.165) is 99.4 Å². The van der Waals surface area contributed by atoms with Crippen molar-refractivity contribution in [3.63, 3.8) is 0 Å². The molecular weight excluding hydrogens is 294 g/mol. The molecule has 7 rings (SSSR count). The highest BCUT2D eigenvalue weighted by Crippen LogP contribution is 2.31. The first-order chi connectivity index (χ1) is 11.2. The molecule has 0 saturated carbocycles. The van der Waals surface area contributed by atoms with Crippen molar-refractivity contribution in [3.8, 4) is 6.01 Å². The van der Waals surface area contributed by atoms with Crippen LogP contribution in [0.4, 0.5) is 11.9 Å². The van der Waals surface area contributed by atoms with Gasteiger partial charge in [-0.2, -0.15) is 9.97 Å². The second kappa shape index (κ2) is 4.83. The first-order valence-corrected chi connectivity index (χ1v) is 8.79. The maximum atomic E-state index is 12.2. The summed E-state index contributed by atoms with van der Waals surface area (Å²) < 4.78 is 1.57. The zero-order valence-electron chi connectivity index (χ0n) is 13.5. The van der Waals surface area contributed by atoms with Crippen molar-refractivity contribution in [2.24, 2.45) is 0 Å². The maximum absolute atomic E-state index is 12.2. The van der Waals surface area contributed by atoms with Crippen LogP contribution in [0.3, 0.4) is 0 Å². The maximum Gasteiger partial charge on any atom is 0.336 e. The molecule has 124 valence electrons. The van der Waals surface area contributed by atoms with E-state index in [1.165, 1.54) is 0 Å². The minimum absolute atomic E-state index is 0.342. The Bertz CT molecular complexity index is 542. The van der Waals surface area contributed by atoms with E-state index in [0.29, 0.717) is 0 Å². The van der Waals surface area contributed by atoms with E-state index in [2.05, 4.69) is 19.8 Å². The Kier molecular flexibility index (Phi) is 2.94. The summed E-state index contributed by atoms with van der Waals surface area (Å²) >= 11 is 0. The van der Waals surface area contributed by atoms with Crippen LogP contribution in [0, 0.1) is 0 Å². The Morgan fingerprint density at radius 3 is 1.30 bits per heavy atom. The van der Waals surface area contributed by atoms with E-state index >= 15 is 0 Å². The molecule has 0 aliphatic carbocycles. The fourth-order valence-corrected chi connectivity index (χ4v) is 4.70. The van der Waals surface area contributed by atoms with Crippen LogP contribution in [0.25, 0.3) is 0 Å². The van der Waals surface area contributed by atoms with Crippen LogP contribution in [0.2, 0.25) is 0 Å². The third-order valence-corrected chi connectivity index (χ3v) is 6.51. The third-order valence-electron chi connectivity index (χ3n) is 6.51. The topological polar surface area (TPSA) is 68.2 Å². The van der Waals surface area contributed by atoms with Gasteiger partial charge in [-0.3, -0.25) is 18.8 Å². The molecule has 6 aliphatic rings. The number of rotatable bonds is 2. The molecule has 6 saturated heterocycles. The molecule has 7 heterocycles. The van der Waals surface area contributed by atoms with Gasteiger partial charge in [-0.1, -0.05) is 0 Å². The van der Waals surface area contributed by atoms with Crippen LogP contribution in [0.1, 0.15) is 0 Å². The third kappa shape index (κ3) is 2.09. The average molecular weight is 318 g/mol. The number of piperazine rings is 6. The second-order valence-electron chi connectivity index (χ2n) is 7.53. The Morgan fingerprint density at radius 1 is 0.609 bits per heavy atom. The minimum atomic E-state index is -0.342. The van der Waals surface area contributed by atoms with Crippen molar-refractivity contribution in [2.45, 2.75) is 0 Å². The van der Waals surface area contributed by atoms with Gasteiger partial charge in [-0.25, -0.2) is 0 Å². The van der Waals surface area contributed by atoms with Gasteiger partial charge in [0.25, 0.3) is 0 Å². The predicted molar refractivity (Wildman–Crippen MR) is 84.9 cm³/mol. The molecule has 0 unspecified atom stereocenters. The first-order valence-electron chi connectivity index (χ1n) is 8.79. The van der Waals surface area contributed by atoms with Crippen LogP contribution < -0.4 is 14.1 Å². The summed E-state index contributed by atoms with van der Waals surface area (Å²) in [6, 6.07) is -0.342. The average Bonchev–Trinajstić information content (AvgIpc) is 2.64. The van der Waals surface area contributed by atoms with Crippen molar-refractivity contribution >= 4 is 11.9 Å². The van der Waals surface area contributed by atoms with Gasteiger partial charge in [0.05, 0.1) is 45.3 Å². The summed E-state index contributed by atoms with van der Waals surface area (Å²) in [5, 5.41) is 12.2. The van der Waals surface area contributed by atoms with E-state index in [1.54, 1.807) is 0 Å². The zero-order chi connectivity index (χ0) is 15.5. The van der Waals surface area contributed by atoms with E-state index in [4.69, 9.17) is 4.98 Å². The smallest absolute Gasteiger partial charge is 0.336 e. The minimum Gasteiger partial charge on any atom is -0.844 e. The largest absolute Gasteiger partial charge is 0.844 e. The van der Waals surface area contributed by atoms with E-state index in [9.17, 15) is 5.11 Å². The van der Waals surface area contributed by atoms with E-state index in [1.807, 2.05) is 0 Å². The lowest BCUT2D eigenvalue weighted by Crippen LogP contribution is -2.70. The monoisotopic (exact) mass is 318 g/mol. The zero-order valence-corrected chi connectivity index (χ0v) is 13.5. The Labute approximate surface area is 136 Å². The summed E-state index contributed by atoms with van der Waals surface area (Å²) in [4.78, 5) is 18.4. The van der Waals surface area contributed by atoms with Gasteiger partial charge < -0.3 is 5.11 Å². The number of quaternary nitrogens is 2. The summed E-state index contributed by atoms with van der Waals surface area (Å²) in [7, 11) is 0. The van der Waals surface area contributed by atoms with Crippen molar-refractivity contribution in [1.29, 1.82) is 0 Å². The molecule has 1 aromatic heterocycles. The second-order valence-corrected chi connectivity index (χ2v) is 7.53. The SMILES string of the molecule is [O-]c1nc([N+]23CCN(CC2)CC3)nc([N+]23CCN(CC2)CC3)n1. The molecule has 6 fully saturated rings. The van der Waals surface area contributed by atoms with Crippen molar-refractivity contribution in [3.05, 3.63) is 0 Å². The molecule has 0 radical (unpaired) electrons. The van der Waals surface area contributed by atoms with Gasteiger partial charge in [-0.15, -0.1) is 4.98 Å². The molecule has 8 heteroatoms. The molecule has 0 spiro atoms. The van der Waals surface area contributed by atoms with Crippen molar-refractivity contribution < 1.29 is 5.11 Å². The Morgan fingerprint density at radius 2 is 0.957 bits per heavy atom. The lowest BCUT2D eigenvalue weighted by molar-refractivity contribution is -0.282. The quantitative estimate of drug-likeness (QED) is 0.601. The highest BCUT2D eigenvalue weighted by molar-refractivity contribution is 5.38. The molecule has 4 bridgehead atoms. The number of hydrogen-bond donors (Lipinski definition) is 0. The van der Waals surface area contributed by atoms with Gasteiger partial charge in [0.15, 0.2) is 0 Å². The molecule has 0 amide bonds. The standard InChI is InChI=1S/C15H24N7O/c23-15-17-13(21-7-1-19(2-8-21)3-9-21)16-14(18-15)22-10-4-20(5-11-22)6-12-22/h1-12H2/q+1. The number of hydrogen-bond acceptors (Lipinski definition) is 6. The summed E-state index contributed by atoms with van der Waals surface area (Å²) in [6.07, 6.45) is 0. The molecule has 0 atom stereocenters. The van der Waals surface area contributed by atoms with Crippen LogP contribution in [0.5, 0.6) is 6.01 Å². The van der Waals surface area contributed by atoms with E-state index < -0.39 is 0 Å². The molecule has 8 nitrogen and oxygen atoms in total. The highest BCUT2D eigenvalue weighted by Gasteiger charge is 2.46. The van der Waals surface area contributed by atoms with Crippen LogP contribution >= 0.6 is 0 Å². The van der Waals surface area contributed by atoms with E-state index in [-0.39, 0.29) is 6.01 Å². The Balaban J connectivity index is 1.55. The fourth-order valence-electron chi connectivity index (χ4n) is 4.70. The van der Waals surface area contributed by atoms with Crippen molar-refractivity contribution in [1.82, 2.24) is 33.7 Å². The van der Waals surface area contributed by atoms with Crippen molar-refractivity contribution in [2.75, 3.05) is 78.5 Å². The van der Waals surface area contributed by atoms with Gasteiger partial charge in [0, 0.05) is 39.3 Å². The number of aromatic nitrogens is 3. The number of nitrogens with zero attached hydrogens (tertiary/aromatic N) is 7. The van der Waals surface area contributed by atoms with Gasteiger partial charge in [0.1, 0.15) is 0 Å². The molecule has 23 heavy (non-hydrogen) atoms. The van der Waals surface area contributed by atoms with Crippen LogP contribution in [-0.2, 0) is 0 Å². The molecular formula is C15H24N7O+. The molecule has 6 aliphatic heterocycles. The van der Waals surface area contributed by atoms with Gasteiger partial charge in [-0.05, 0) is 0 Å². The van der Waals surface area contributed by atoms with Gasteiger partial charge >= 0.3 is 11.9 Å². The summed E-state index contributed by atoms with van der Waals surface area (Å²) in [5.74, 6) is 1.47. The Hall–Kier alpha value is -1.35. The fraction of sp³-hybridized carbons (Fsp3) is 0.800.